The molecule has 0 unspecified atom stereocenters. The summed E-state index contributed by atoms with van der Waals surface area (Å²) in [5.41, 5.74) is 4.89. The molecule has 12 nitrogen and oxygen atoms in total. The van der Waals surface area contributed by atoms with Crippen molar-refractivity contribution in [1.82, 2.24) is 10.0 Å². The summed E-state index contributed by atoms with van der Waals surface area (Å²) >= 11 is 0. The molecule has 10 atom stereocenters. The Hall–Kier alpha value is -0.920. The van der Waals surface area contributed by atoms with E-state index in [1.807, 2.05) is 0 Å². The number of rotatable bonds is 8. The van der Waals surface area contributed by atoms with E-state index >= 15 is 0 Å². The van der Waals surface area contributed by atoms with Crippen molar-refractivity contribution in [2.24, 2.45) is 11.5 Å². The lowest BCUT2D eigenvalue weighted by Crippen LogP contribution is -2.67. The highest BCUT2D eigenvalue weighted by atomic mass is 32.2. The Morgan fingerprint density at radius 1 is 1.22 bits per heavy atom. The number of nitrogens with two attached hydrogens (primary N) is 2. The summed E-state index contributed by atoms with van der Waals surface area (Å²) in [5.74, 6) is 0. The van der Waals surface area contributed by atoms with Crippen molar-refractivity contribution in [2.45, 2.75) is 92.4 Å². The minimum absolute atomic E-state index is 0.0672. The summed E-state index contributed by atoms with van der Waals surface area (Å²) in [7, 11) is -4.18. The second-order valence-electron chi connectivity index (χ2n) is 9.44. The van der Waals surface area contributed by atoms with Crippen molar-refractivity contribution < 1.29 is 50.7 Å². The van der Waals surface area contributed by atoms with Gasteiger partial charge >= 0.3 is 15.5 Å². The Morgan fingerprint density at radius 3 is 2.50 bits per heavy atom. The van der Waals surface area contributed by atoms with Gasteiger partial charge in [-0.25, -0.2) is 13.1 Å². The Kier molecular flexibility index (Phi) is 9.42. The van der Waals surface area contributed by atoms with Crippen LogP contribution in [0.1, 0.15) is 26.2 Å². The highest BCUT2D eigenvalue weighted by molar-refractivity contribution is 7.90. The maximum Gasteiger partial charge on any atom is 0.511 e. The van der Waals surface area contributed by atoms with Gasteiger partial charge < -0.3 is 45.9 Å². The van der Waals surface area contributed by atoms with Gasteiger partial charge in [-0.1, -0.05) is 12.2 Å². The first kappa shape index (κ1) is 29.6. The number of halogens is 3. The molecule has 2 aliphatic heterocycles. The standard InChI is InChI=1S/C20H35F3N4O8S/c1-19(29)9-32-15(7-13(19)26-2)35-18-12(27-36(30,31)20(21,22)23)6-11(25)17(16(18)28)34-14-5-3-4-10(8-24)33-14/h3-4,10-18,26-29H,5-9,24-25H2,1-2H3/t10-,11+,12+,13-,14+,15+,16+,17-,18+,19-/m0/s1. The molecule has 0 amide bonds. The predicted octanol–water partition coefficient (Wildman–Crippen LogP) is -1.63. The van der Waals surface area contributed by atoms with Crippen LogP contribution in [0.3, 0.4) is 0 Å². The molecule has 0 radical (unpaired) electrons. The maximum atomic E-state index is 13.1. The molecule has 36 heavy (non-hydrogen) atoms. The third-order valence-corrected chi connectivity index (χ3v) is 7.80. The van der Waals surface area contributed by atoms with E-state index in [0.29, 0.717) is 6.42 Å². The summed E-state index contributed by atoms with van der Waals surface area (Å²) in [5, 5.41) is 24.5. The third-order valence-electron chi connectivity index (χ3n) is 6.57. The smallest absolute Gasteiger partial charge is 0.388 e. The fourth-order valence-corrected chi connectivity index (χ4v) is 5.35. The maximum absolute atomic E-state index is 13.1. The minimum Gasteiger partial charge on any atom is -0.388 e. The van der Waals surface area contributed by atoms with Crippen molar-refractivity contribution in [1.29, 1.82) is 0 Å². The molecule has 3 aliphatic rings. The largest absolute Gasteiger partial charge is 0.511 e. The van der Waals surface area contributed by atoms with Crippen LogP contribution >= 0.6 is 0 Å². The first-order valence-corrected chi connectivity index (χ1v) is 13.0. The molecule has 1 aliphatic carbocycles. The molecule has 1 saturated carbocycles. The second-order valence-corrected chi connectivity index (χ2v) is 11.1. The molecule has 0 bridgehead atoms. The van der Waals surface area contributed by atoms with E-state index in [-0.39, 0.29) is 26.0 Å². The number of alkyl halides is 3. The molecule has 16 heteroatoms. The van der Waals surface area contributed by atoms with E-state index in [0.717, 1.165) is 0 Å². The third kappa shape index (κ3) is 6.74. The van der Waals surface area contributed by atoms with Gasteiger partial charge in [-0.2, -0.15) is 13.2 Å². The molecule has 0 aromatic heterocycles. The monoisotopic (exact) mass is 548 g/mol. The molecule has 1 saturated heterocycles. The van der Waals surface area contributed by atoms with Gasteiger partial charge in [0, 0.05) is 31.5 Å². The van der Waals surface area contributed by atoms with Crippen molar-refractivity contribution >= 4 is 10.0 Å². The van der Waals surface area contributed by atoms with E-state index in [9.17, 15) is 31.8 Å². The normalized spacial score (nSPS) is 42.4. The summed E-state index contributed by atoms with van der Waals surface area (Å²) in [6.07, 6.45) is -3.13. The van der Waals surface area contributed by atoms with Gasteiger partial charge in [0.2, 0.25) is 0 Å². The lowest BCUT2D eigenvalue weighted by molar-refractivity contribution is -0.277. The second kappa shape index (κ2) is 11.4. The van der Waals surface area contributed by atoms with Gasteiger partial charge in [-0.15, -0.1) is 0 Å². The number of ether oxygens (including phenoxy) is 4. The number of likely N-dealkylation sites (N-methyl/N-ethyl adjacent to an activating group) is 1. The zero-order valence-corrected chi connectivity index (χ0v) is 20.7. The van der Waals surface area contributed by atoms with Crippen LogP contribution in [0.5, 0.6) is 0 Å². The Balaban J connectivity index is 1.81. The quantitative estimate of drug-likeness (QED) is 0.191. The highest BCUT2D eigenvalue weighted by Gasteiger charge is 2.53. The van der Waals surface area contributed by atoms with Crippen LogP contribution in [-0.2, 0) is 29.0 Å². The first-order chi connectivity index (χ1) is 16.7. The lowest BCUT2D eigenvalue weighted by Gasteiger charge is -2.47. The number of sulfonamides is 1. The average molecular weight is 549 g/mol. The van der Waals surface area contributed by atoms with Crippen molar-refractivity contribution in [2.75, 3.05) is 20.2 Å². The molecule has 2 heterocycles. The van der Waals surface area contributed by atoms with Crippen molar-refractivity contribution in [3.8, 4) is 0 Å². The van der Waals surface area contributed by atoms with Gasteiger partial charge in [0.05, 0.1) is 18.8 Å². The number of aliphatic hydroxyl groups excluding tert-OH is 1. The predicted molar refractivity (Wildman–Crippen MR) is 120 cm³/mol. The zero-order chi connectivity index (χ0) is 26.9. The Labute approximate surface area is 207 Å². The molecule has 2 fully saturated rings. The van der Waals surface area contributed by atoms with Gasteiger partial charge in [-0.05, 0) is 20.4 Å². The van der Waals surface area contributed by atoms with Gasteiger partial charge in [0.25, 0.3) is 0 Å². The molecule has 0 aromatic carbocycles. The van der Waals surface area contributed by atoms with Crippen LogP contribution < -0.4 is 21.5 Å². The van der Waals surface area contributed by atoms with Crippen LogP contribution in [0.2, 0.25) is 0 Å². The average Bonchev–Trinajstić information content (AvgIpc) is 2.79. The molecular formula is C20H35F3N4O8S. The van der Waals surface area contributed by atoms with E-state index in [1.54, 1.807) is 23.9 Å². The fraction of sp³-hybridized carbons (Fsp3) is 0.900. The summed E-state index contributed by atoms with van der Waals surface area (Å²) < 4.78 is 87.5. The van der Waals surface area contributed by atoms with Crippen molar-refractivity contribution in [3.63, 3.8) is 0 Å². The molecule has 0 spiro atoms. The number of hydrogen-bond acceptors (Lipinski definition) is 11. The van der Waals surface area contributed by atoms with E-state index in [2.05, 4.69) is 5.32 Å². The van der Waals surface area contributed by atoms with Crippen molar-refractivity contribution in [3.05, 3.63) is 12.2 Å². The number of nitrogens with one attached hydrogen (secondary N) is 2. The summed E-state index contributed by atoms with van der Waals surface area (Å²) in [6, 6.07) is -3.12. The Bertz CT molecular complexity index is 878. The van der Waals surface area contributed by atoms with Gasteiger partial charge in [-0.3, -0.25) is 0 Å². The van der Waals surface area contributed by atoms with E-state index < -0.39 is 76.3 Å². The van der Waals surface area contributed by atoms with Crippen LogP contribution in [0.4, 0.5) is 13.2 Å². The van der Waals surface area contributed by atoms with Crippen LogP contribution in [0.25, 0.3) is 0 Å². The highest BCUT2D eigenvalue weighted by Crippen LogP contribution is 2.33. The molecule has 3 rings (SSSR count). The SMILES string of the molecule is CN[C@H]1C[C@@H](O[C@H]2[C@H](O)[C@@H](O[C@@H]3CC=C[C@@H](CN)O3)[C@H](N)C[C@H]2NS(=O)(=O)C(F)(F)F)OC[C@]1(C)O. The molecule has 210 valence electrons. The van der Waals surface area contributed by atoms with Crippen LogP contribution in [0.15, 0.2) is 12.2 Å². The topological polar surface area (TPSA) is 188 Å². The summed E-state index contributed by atoms with van der Waals surface area (Å²) in [6.45, 7) is 1.54. The zero-order valence-electron chi connectivity index (χ0n) is 19.9. The molecular weight excluding hydrogens is 513 g/mol. The Morgan fingerprint density at radius 2 is 1.89 bits per heavy atom. The first-order valence-electron chi connectivity index (χ1n) is 11.5. The number of hydrogen-bond donors (Lipinski definition) is 6. The summed E-state index contributed by atoms with van der Waals surface area (Å²) in [4.78, 5) is 0. The van der Waals surface area contributed by atoms with Gasteiger partial charge in [0.1, 0.15) is 23.9 Å². The number of aliphatic hydroxyl groups is 2. The lowest BCUT2D eigenvalue weighted by atomic mass is 9.84. The van der Waals surface area contributed by atoms with Crippen LogP contribution in [-0.4, -0.2) is 105 Å². The van der Waals surface area contributed by atoms with E-state index in [4.69, 9.17) is 30.4 Å². The van der Waals surface area contributed by atoms with Crippen LogP contribution in [0, 0.1) is 0 Å². The van der Waals surface area contributed by atoms with Gasteiger partial charge in [0.15, 0.2) is 12.6 Å². The fourth-order valence-electron chi connectivity index (χ4n) is 4.59. The molecule has 8 N–H and O–H groups in total. The molecule has 0 aromatic rings. The minimum atomic E-state index is -5.79. The van der Waals surface area contributed by atoms with E-state index in [1.165, 1.54) is 6.92 Å².